The first-order chi connectivity index (χ1) is 9.63. The van der Waals surface area contributed by atoms with Crippen molar-refractivity contribution in [3.63, 3.8) is 0 Å². The topological polar surface area (TPSA) is 78.4 Å². The second-order valence-electron chi connectivity index (χ2n) is 5.95. The van der Waals surface area contributed by atoms with E-state index in [0.717, 1.165) is 0 Å². The number of aromatic carboxylic acids is 1. The van der Waals surface area contributed by atoms with Gasteiger partial charge in [-0.05, 0) is 29.5 Å². The fraction of sp³-hybridized carbons (Fsp3) is 0.467. The van der Waals surface area contributed by atoms with Gasteiger partial charge in [-0.3, -0.25) is 0 Å². The van der Waals surface area contributed by atoms with E-state index in [-0.39, 0.29) is 22.0 Å². The van der Waals surface area contributed by atoms with Crippen molar-refractivity contribution in [3.8, 4) is 0 Å². The van der Waals surface area contributed by atoms with Crippen LogP contribution in [0.4, 0.5) is 10.5 Å². The summed E-state index contributed by atoms with van der Waals surface area (Å²) < 4.78 is 0. The standard InChI is InChI=1S/C15H21ClN2O3/c1-9(2)15(3,4)8-17-14(21)18-12-6-5-10(13(19)20)7-11(12)16/h5-7,9H,8H2,1-4H3,(H,19,20)(H2,17,18,21). The zero-order valence-electron chi connectivity index (χ0n) is 12.7. The van der Waals surface area contributed by atoms with Gasteiger partial charge >= 0.3 is 12.0 Å². The number of hydrogen-bond acceptors (Lipinski definition) is 2. The van der Waals surface area contributed by atoms with Crippen LogP contribution in [-0.2, 0) is 0 Å². The molecule has 0 spiro atoms. The molecule has 6 heteroatoms. The van der Waals surface area contributed by atoms with Gasteiger partial charge in [0.2, 0.25) is 0 Å². The van der Waals surface area contributed by atoms with Gasteiger partial charge in [0, 0.05) is 6.54 Å². The third-order valence-corrected chi connectivity index (χ3v) is 4.04. The average Bonchev–Trinajstić information content (AvgIpc) is 2.38. The van der Waals surface area contributed by atoms with Crippen LogP contribution in [0.1, 0.15) is 38.1 Å². The van der Waals surface area contributed by atoms with Crippen LogP contribution in [-0.4, -0.2) is 23.7 Å². The minimum Gasteiger partial charge on any atom is -0.478 e. The first kappa shape index (κ1) is 17.3. The lowest BCUT2D eigenvalue weighted by atomic mass is 9.81. The number of carboxylic acids is 1. The third kappa shape index (κ3) is 4.93. The smallest absolute Gasteiger partial charge is 0.335 e. The van der Waals surface area contributed by atoms with E-state index < -0.39 is 5.97 Å². The molecule has 0 heterocycles. The van der Waals surface area contributed by atoms with Gasteiger partial charge in [0.25, 0.3) is 0 Å². The number of amides is 2. The molecular weight excluding hydrogens is 292 g/mol. The van der Waals surface area contributed by atoms with Gasteiger partial charge in [-0.25, -0.2) is 9.59 Å². The highest BCUT2D eigenvalue weighted by atomic mass is 35.5. The zero-order valence-corrected chi connectivity index (χ0v) is 13.4. The quantitative estimate of drug-likeness (QED) is 0.773. The Bertz CT molecular complexity index is 542. The number of urea groups is 1. The summed E-state index contributed by atoms with van der Waals surface area (Å²) in [6.07, 6.45) is 0. The summed E-state index contributed by atoms with van der Waals surface area (Å²) in [6.45, 7) is 8.88. The van der Waals surface area contributed by atoms with Gasteiger partial charge in [0.05, 0.1) is 16.3 Å². The molecule has 21 heavy (non-hydrogen) atoms. The molecular formula is C15H21ClN2O3. The van der Waals surface area contributed by atoms with E-state index in [2.05, 4.69) is 38.3 Å². The molecule has 0 bridgehead atoms. The summed E-state index contributed by atoms with van der Waals surface area (Å²) in [5, 5.41) is 14.4. The molecule has 3 N–H and O–H groups in total. The monoisotopic (exact) mass is 312 g/mol. The molecule has 0 aromatic heterocycles. The van der Waals surface area contributed by atoms with Crippen molar-refractivity contribution in [1.29, 1.82) is 0 Å². The van der Waals surface area contributed by atoms with Crippen molar-refractivity contribution in [2.75, 3.05) is 11.9 Å². The number of carbonyl (C=O) groups excluding carboxylic acids is 1. The lowest BCUT2D eigenvalue weighted by Crippen LogP contribution is -2.39. The van der Waals surface area contributed by atoms with Crippen molar-refractivity contribution in [2.45, 2.75) is 27.7 Å². The van der Waals surface area contributed by atoms with Gasteiger partial charge < -0.3 is 15.7 Å². The van der Waals surface area contributed by atoms with Crippen LogP contribution in [0.2, 0.25) is 5.02 Å². The van der Waals surface area contributed by atoms with Crippen molar-refractivity contribution in [2.24, 2.45) is 11.3 Å². The van der Waals surface area contributed by atoms with Gasteiger partial charge in [0.15, 0.2) is 0 Å². The summed E-state index contributed by atoms with van der Waals surface area (Å²) in [5.74, 6) is -0.636. The minimum absolute atomic E-state index is 0.0195. The van der Waals surface area contributed by atoms with Crippen molar-refractivity contribution >= 4 is 29.3 Å². The molecule has 5 nitrogen and oxygen atoms in total. The van der Waals surface area contributed by atoms with E-state index in [9.17, 15) is 9.59 Å². The predicted octanol–water partition coefficient (Wildman–Crippen LogP) is 3.84. The highest BCUT2D eigenvalue weighted by Crippen LogP contribution is 2.25. The molecule has 0 aliphatic rings. The van der Waals surface area contributed by atoms with Crippen LogP contribution < -0.4 is 10.6 Å². The van der Waals surface area contributed by atoms with Crippen molar-refractivity contribution in [1.82, 2.24) is 5.32 Å². The molecule has 0 atom stereocenters. The Morgan fingerprint density at radius 3 is 2.43 bits per heavy atom. The zero-order chi connectivity index (χ0) is 16.2. The summed E-state index contributed by atoms with van der Waals surface area (Å²) in [7, 11) is 0. The number of carbonyl (C=O) groups is 2. The maximum atomic E-state index is 11.9. The van der Waals surface area contributed by atoms with Gasteiger partial charge in [-0.15, -0.1) is 0 Å². The minimum atomic E-state index is -1.06. The predicted molar refractivity (Wildman–Crippen MR) is 84.1 cm³/mol. The molecule has 0 unspecified atom stereocenters. The normalized spacial score (nSPS) is 11.3. The first-order valence-corrected chi connectivity index (χ1v) is 7.09. The molecule has 0 saturated carbocycles. The molecule has 0 fully saturated rings. The molecule has 116 valence electrons. The second kappa shape index (κ2) is 6.80. The van der Waals surface area contributed by atoms with Crippen LogP contribution in [0.3, 0.4) is 0 Å². The Hall–Kier alpha value is -1.75. The van der Waals surface area contributed by atoms with Crippen LogP contribution in [0.25, 0.3) is 0 Å². The van der Waals surface area contributed by atoms with Crippen molar-refractivity contribution < 1.29 is 14.7 Å². The highest BCUT2D eigenvalue weighted by Gasteiger charge is 2.23. The second-order valence-corrected chi connectivity index (χ2v) is 6.36. The molecule has 1 aromatic carbocycles. The van der Waals surface area contributed by atoms with Gasteiger partial charge in [-0.2, -0.15) is 0 Å². The summed E-state index contributed by atoms with van der Waals surface area (Å²) in [5.41, 5.74) is 0.433. The number of carboxylic acid groups (broad SMARTS) is 1. The van der Waals surface area contributed by atoms with Crippen LogP contribution in [0.5, 0.6) is 0 Å². The van der Waals surface area contributed by atoms with E-state index >= 15 is 0 Å². The molecule has 1 aromatic rings. The number of anilines is 1. The van der Waals surface area contributed by atoms with E-state index in [0.29, 0.717) is 18.2 Å². The van der Waals surface area contributed by atoms with Gasteiger partial charge in [0.1, 0.15) is 0 Å². The Balaban J connectivity index is 2.66. The van der Waals surface area contributed by atoms with Crippen LogP contribution in [0.15, 0.2) is 18.2 Å². The van der Waals surface area contributed by atoms with E-state index in [1.807, 2.05) is 0 Å². The van der Waals surface area contributed by atoms with E-state index in [1.54, 1.807) is 0 Å². The maximum Gasteiger partial charge on any atom is 0.335 e. The molecule has 0 aliphatic carbocycles. The summed E-state index contributed by atoms with van der Waals surface area (Å²) in [6, 6.07) is 3.80. The van der Waals surface area contributed by atoms with Crippen LogP contribution >= 0.6 is 11.6 Å². The van der Waals surface area contributed by atoms with Gasteiger partial charge in [-0.1, -0.05) is 39.3 Å². The van der Waals surface area contributed by atoms with Crippen molar-refractivity contribution in [3.05, 3.63) is 28.8 Å². The Kier molecular flexibility index (Phi) is 5.61. The third-order valence-electron chi connectivity index (χ3n) is 3.73. The molecule has 0 radical (unpaired) electrons. The number of hydrogen-bond donors (Lipinski definition) is 3. The van der Waals surface area contributed by atoms with E-state index in [4.69, 9.17) is 16.7 Å². The fourth-order valence-electron chi connectivity index (χ4n) is 1.43. The maximum absolute atomic E-state index is 11.9. The fourth-order valence-corrected chi connectivity index (χ4v) is 1.66. The SMILES string of the molecule is CC(C)C(C)(C)CNC(=O)Nc1ccc(C(=O)O)cc1Cl. The molecule has 0 saturated heterocycles. The molecule has 0 aliphatic heterocycles. The summed E-state index contributed by atoms with van der Waals surface area (Å²) >= 11 is 5.95. The Morgan fingerprint density at radius 2 is 1.95 bits per heavy atom. The number of nitrogens with one attached hydrogen (secondary N) is 2. The Labute approximate surface area is 129 Å². The largest absolute Gasteiger partial charge is 0.478 e. The lowest BCUT2D eigenvalue weighted by Gasteiger charge is -2.29. The molecule has 1 rings (SSSR count). The summed E-state index contributed by atoms with van der Waals surface area (Å²) in [4.78, 5) is 22.7. The highest BCUT2D eigenvalue weighted by molar-refractivity contribution is 6.34. The number of halogens is 1. The van der Waals surface area contributed by atoms with Crippen LogP contribution in [0, 0.1) is 11.3 Å². The first-order valence-electron chi connectivity index (χ1n) is 6.71. The molecule has 2 amide bonds. The lowest BCUT2D eigenvalue weighted by molar-refractivity contribution is 0.0697. The van der Waals surface area contributed by atoms with E-state index in [1.165, 1.54) is 18.2 Å². The number of rotatable bonds is 5. The Morgan fingerprint density at radius 1 is 1.33 bits per heavy atom. The average molecular weight is 313 g/mol. The number of benzene rings is 1.